The van der Waals surface area contributed by atoms with Gasteiger partial charge in [0.15, 0.2) is 0 Å². The maximum atomic E-state index is 12.2. The summed E-state index contributed by atoms with van der Waals surface area (Å²) in [5.74, 6) is -0.382. The summed E-state index contributed by atoms with van der Waals surface area (Å²) in [4.78, 5) is 25.3. The summed E-state index contributed by atoms with van der Waals surface area (Å²) in [5.41, 5.74) is 1.51. The van der Waals surface area contributed by atoms with E-state index < -0.39 is 12.1 Å². The van der Waals surface area contributed by atoms with E-state index in [-0.39, 0.29) is 12.5 Å². The first-order valence-corrected chi connectivity index (χ1v) is 8.39. The minimum atomic E-state index is -0.619. The van der Waals surface area contributed by atoms with E-state index in [1.54, 1.807) is 13.8 Å². The molecule has 0 saturated carbocycles. The molecule has 1 aliphatic carbocycles. The lowest BCUT2D eigenvalue weighted by molar-refractivity contribution is 0.0526. The van der Waals surface area contributed by atoms with Gasteiger partial charge < -0.3 is 15.2 Å². The zero-order valence-electron chi connectivity index (χ0n) is 12.9. The van der Waals surface area contributed by atoms with Gasteiger partial charge in [0.2, 0.25) is 0 Å². The first-order chi connectivity index (χ1) is 10.5. The molecule has 1 atom stereocenters. The van der Waals surface area contributed by atoms with Gasteiger partial charge in [-0.15, -0.1) is 11.3 Å². The molecule has 0 aliphatic heterocycles. The Morgan fingerprint density at radius 2 is 2.09 bits per heavy atom. The van der Waals surface area contributed by atoms with Crippen LogP contribution in [0.1, 0.15) is 47.5 Å². The van der Waals surface area contributed by atoms with Crippen molar-refractivity contribution in [2.45, 2.75) is 45.6 Å². The molecule has 0 unspecified atom stereocenters. The first-order valence-electron chi connectivity index (χ1n) is 7.57. The zero-order valence-corrected chi connectivity index (χ0v) is 13.7. The highest BCUT2D eigenvalue weighted by Gasteiger charge is 2.27. The molecule has 0 spiro atoms. The van der Waals surface area contributed by atoms with E-state index in [1.165, 1.54) is 11.3 Å². The molecule has 122 valence electrons. The molecule has 2 rings (SSSR count). The second-order valence-corrected chi connectivity index (χ2v) is 6.42. The van der Waals surface area contributed by atoms with E-state index in [0.717, 1.165) is 36.1 Å². The Kier molecular flexibility index (Phi) is 5.79. The number of hydrogen-bond donors (Lipinski definition) is 3. The summed E-state index contributed by atoms with van der Waals surface area (Å²) in [5, 5.41) is 15.0. The minimum Gasteiger partial charge on any atom is -0.462 e. The SMILES string of the molecule is CCOC(=O)c1c(NC(=O)NC[C@@H](C)O)sc2c1CCCC2. The van der Waals surface area contributed by atoms with Crippen molar-refractivity contribution in [3.63, 3.8) is 0 Å². The van der Waals surface area contributed by atoms with Gasteiger partial charge in [0.25, 0.3) is 0 Å². The Morgan fingerprint density at radius 1 is 1.36 bits per heavy atom. The van der Waals surface area contributed by atoms with Crippen LogP contribution in [0.25, 0.3) is 0 Å². The van der Waals surface area contributed by atoms with E-state index in [2.05, 4.69) is 10.6 Å². The van der Waals surface area contributed by atoms with Crippen LogP contribution >= 0.6 is 11.3 Å². The minimum absolute atomic E-state index is 0.158. The number of nitrogens with one attached hydrogen (secondary N) is 2. The Hall–Kier alpha value is -1.60. The number of thiophene rings is 1. The molecule has 22 heavy (non-hydrogen) atoms. The molecule has 1 aliphatic rings. The lowest BCUT2D eigenvalue weighted by atomic mass is 9.95. The topological polar surface area (TPSA) is 87.7 Å². The van der Waals surface area contributed by atoms with Crippen LogP contribution in [0.3, 0.4) is 0 Å². The Bertz CT molecular complexity index is 554. The van der Waals surface area contributed by atoms with Crippen LogP contribution in [0, 0.1) is 0 Å². The first kappa shape index (κ1) is 16.8. The standard InChI is InChI=1S/C15H22N2O4S/c1-3-21-14(19)12-10-6-4-5-7-11(10)22-13(12)17-15(20)16-8-9(2)18/h9,18H,3-8H2,1-2H3,(H2,16,17,20)/t9-/m1/s1. The van der Waals surface area contributed by atoms with Crippen molar-refractivity contribution in [1.82, 2.24) is 5.32 Å². The number of urea groups is 1. The van der Waals surface area contributed by atoms with Crippen molar-refractivity contribution in [3.8, 4) is 0 Å². The molecule has 3 N–H and O–H groups in total. The van der Waals surface area contributed by atoms with Crippen molar-refractivity contribution < 1.29 is 19.4 Å². The smallest absolute Gasteiger partial charge is 0.341 e. The summed E-state index contributed by atoms with van der Waals surface area (Å²) in [6.07, 6.45) is 3.31. The van der Waals surface area contributed by atoms with E-state index in [0.29, 0.717) is 17.2 Å². The molecule has 1 aromatic rings. The number of fused-ring (bicyclic) bond motifs is 1. The molecule has 0 aromatic carbocycles. The number of hydrogen-bond acceptors (Lipinski definition) is 5. The monoisotopic (exact) mass is 326 g/mol. The number of aryl methyl sites for hydroxylation is 1. The number of amides is 2. The summed E-state index contributed by atoms with van der Waals surface area (Å²) >= 11 is 1.44. The van der Waals surface area contributed by atoms with Gasteiger partial charge in [-0.2, -0.15) is 0 Å². The van der Waals surface area contributed by atoms with E-state index in [9.17, 15) is 14.7 Å². The molecule has 0 radical (unpaired) electrons. The van der Waals surface area contributed by atoms with Crippen molar-refractivity contribution in [2.24, 2.45) is 0 Å². The second kappa shape index (κ2) is 7.60. The highest BCUT2D eigenvalue weighted by atomic mass is 32.1. The lowest BCUT2D eigenvalue weighted by Crippen LogP contribution is -2.34. The molecular weight excluding hydrogens is 304 g/mol. The molecule has 1 heterocycles. The normalized spacial score (nSPS) is 14.9. The fourth-order valence-corrected chi connectivity index (χ4v) is 3.73. The number of esters is 1. The summed E-state index contributed by atoms with van der Waals surface area (Å²) in [7, 11) is 0. The van der Waals surface area contributed by atoms with Crippen LogP contribution in [-0.2, 0) is 17.6 Å². The number of ether oxygens (including phenoxy) is 1. The highest BCUT2D eigenvalue weighted by Crippen LogP contribution is 2.38. The van der Waals surface area contributed by atoms with Crippen molar-refractivity contribution in [1.29, 1.82) is 0 Å². The number of rotatable bonds is 5. The van der Waals surface area contributed by atoms with Crippen molar-refractivity contribution >= 4 is 28.3 Å². The van der Waals surface area contributed by atoms with Crippen molar-refractivity contribution in [2.75, 3.05) is 18.5 Å². The third-order valence-corrected chi connectivity index (χ3v) is 4.64. The molecular formula is C15H22N2O4S. The van der Waals surface area contributed by atoms with Crippen LogP contribution in [0.2, 0.25) is 0 Å². The number of carbonyl (C=O) groups excluding carboxylic acids is 2. The van der Waals surface area contributed by atoms with Crippen LogP contribution in [0.4, 0.5) is 9.80 Å². The Labute approximate surface area is 133 Å². The number of anilines is 1. The predicted octanol–water partition coefficient (Wildman–Crippen LogP) is 2.31. The van der Waals surface area contributed by atoms with Gasteiger partial charge in [-0.3, -0.25) is 5.32 Å². The molecule has 0 saturated heterocycles. The van der Waals surface area contributed by atoms with Gasteiger partial charge in [0.05, 0.1) is 18.3 Å². The predicted molar refractivity (Wildman–Crippen MR) is 85.6 cm³/mol. The maximum absolute atomic E-state index is 12.2. The fraction of sp³-hybridized carbons (Fsp3) is 0.600. The number of carbonyl (C=O) groups is 2. The van der Waals surface area contributed by atoms with Crippen LogP contribution in [-0.4, -0.2) is 36.4 Å². The third kappa shape index (κ3) is 3.98. The summed E-state index contributed by atoms with van der Waals surface area (Å²) < 4.78 is 5.13. The van der Waals surface area contributed by atoms with Gasteiger partial charge in [-0.05, 0) is 45.1 Å². The van der Waals surface area contributed by atoms with E-state index in [1.807, 2.05) is 0 Å². The van der Waals surface area contributed by atoms with Gasteiger partial charge in [-0.25, -0.2) is 9.59 Å². The van der Waals surface area contributed by atoms with Gasteiger partial charge in [0, 0.05) is 11.4 Å². The molecule has 2 amide bonds. The number of aliphatic hydroxyl groups excluding tert-OH is 1. The van der Waals surface area contributed by atoms with Gasteiger partial charge in [0.1, 0.15) is 5.00 Å². The molecule has 7 heteroatoms. The molecule has 0 bridgehead atoms. The van der Waals surface area contributed by atoms with E-state index in [4.69, 9.17) is 4.74 Å². The highest BCUT2D eigenvalue weighted by molar-refractivity contribution is 7.17. The average molecular weight is 326 g/mol. The summed E-state index contributed by atoms with van der Waals surface area (Å²) in [6.45, 7) is 3.82. The summed E-state index contributed by atoms with van der Waals surface area (Å²) in [6, 6.07) is -0.426. The third-order valence-electron chi connectivity index (χ3n) is 3.44. The van der Waals surface area contributed by atoms with Crippen molar-refractivity contribution in [3.05, 3.63) is 16.0 Å². The average Bonchev–Trinajstić information content (AvgIpc) is 2.83. The largest absolute Gasteiger partial charge is 0.462 e. The fourth-order valence-electron chi connectivity index (χ4n) is 2.46. The zero-order chi connectivity index (χ0) is 16.1. The van der Waals surface area contributed by atoms with Gasteiger partial charge in [-0.1, -0.05) is 0 Å². The lowest BCUT2D eigenvalue weighted by Gasteiger charge is -2.12. The van der Waals surface area contributed by atoms with Crippen LogP contribution in [0.15, 0.2) is 0 Å². The molecule has 1 aromatic heterocycles. The second-order valence-electron chi connectivity index (χ2n) is 5.32. The van der Waals surface area contributed by atoms with E-state index >= 15 is 0 Å². The molecule has 6 nitrogen and oxygen atoms in total. The Balaban J connectivity index is 2.20. The molecule has 0 fully saturated rings. The number of aliphatic hydroxyl groups is 1. The van der Waals surface area contributed by atoms with Crippen LogP contribution < -0.4 is 10.6 Å². The Morgan fingerprint density at radius 3 is 2.77 bits per heavy atom. The van der Waals surface area contributed by atoms with Crippen LogP contribution in [0.5, 0.6) is 0 Å². The maximum Gasteiger partial charge on any atom is 0.341 e. The quantitative estimate of drug-likeness (QED) is 0.725. The van der Waals surface area contributed by atoms with Gasteiger partial charge >= 0.3 is 12.0 Å².